The standard InChI is InChI=1S/C29H44N4O6/c1-3-8-24(25(34)4-2)9-5-6-15-30-29(38)31-16-7-18-39-21-26(35)32-20-23-12-10-22(11-13-23)19-28(37)33-17-14-27(33)36/h10-13,24H,3-9,14-21H2,1-2H3,(H,32,35)(H2,30,31,38). The number of β-lactam (4-membered cyclic amide) rings is 1. The molecule has 1 fully saturated rings. The molecule has 3 N–H and O–H groups in total. The number of imide groups is 1. The van der Waals surface area contributed by atoms with E-state index in [2.05, 4.69) is 22.9 Å². The summed E-state index contributed by atoms with van der Waals surface area (Å²) in [5, 5.41) is 8.38. The monoisotopic (exact) mass is 544 g/mol. The predicted octanol–water partition coefficient (Wildman–Crippen LogP) is 2.88. The molecule has 0 saturated carbocycles. The third-order valence-electron chi connectivity index (χ3n) is 6.71. The third-order valence-corrected chi connectivity index (χ3v) is 6.71. The Hall–Kier alpha value is -3.27. The van der Waals surface area contributed by atoms with Crippen molar-refractivity contribution in [1.82, 2.24) is 20.9 Å². The number of ketones is 1. The SMILES string of the molecule is CCCC(CCCCNC(=O)NCCCOCC(=O)NCc1ccc(CC(=O)N2CCC2=O)cc1)C(=O)CC. The van der Waals surface area contributed by atoms with Crippen molar-refractivity contribution in [2.45, 2.75) is 78.2 Å². The van der Waals surface area contributed by atoms with Crippen LogP contribution in [0.2, 0.25) is 0 Å². The summed E-state index contributed by atoms with van der Waals surface area (Å²) in [6, 6.07) is 7.10. The molecule has 10 nitrogen and oxygen atoms in total. The van der Waals surface area contributed by atoms with Crippen LogP contribution < -0.4 is 16.0 Å². The van der Waals surface area contributed by atoms with E-state index in [0.717, 1.165) is 43.2 Å². The fraction of sp³-hybridized carbons (Fsp3) is 0.621. The smallest absolute Gasteiger partial charge is 0.314 e. The first-order valence-electron chi connectivity index (χ1n) is 14.1. The first-order valence-corrected chi connectivity index (χ1v) is 14.1. The number of rotatable bonds is 19. The highest BCUT2D eigenvalue weighted by Gasteiger charge is 2.29. The lowest BCUT2D eigenvalue weighted by atomic mass is 9.91. The fourth-order valence-corrected chi connectivity index (χ4v) is 4.30. The topological polar surface area (TPSA) is 134 Å². The van der Waals surface area contributed by atoms with Crippen LogP contribution in [0, 0.1) is 5.92 Å². The Morgan fingerprint density at radius 1 is 0.923 bits per heavy atom. The minimum Gasteiger partial charge on any atom is -0.372 e. The number of hydrogen-bond donors (Lipinski definition) is 3. The molecule has 0 aromatic heterocycles. The molecule has 5 amide bonds. The molecule has 1 aliphatic heterocycles. The van der Waals surface area contributed by atoms with Gasteiger partial charge in [0.25, 0.3) is 0 Å². The summed E-state index contributed by atoms with van der Waals surface area (Å²) in [6.07, 6.45) is 6.38. The van der Waals surface area contributed by atoms with Crippen LogP contribution in [0.5, 0.6) is 0 Å². The molecule has 1 atom stereocenters. The number of ether oxygens (including phenoxy) is 1. The number of carbonyl (C=O) groups is 5. The molecule has 216 valence electrons. The molecule has 0 radical (unpaired) electrons. The number of nitrogens with zero attached hydrogens (tertiary/aromatic N) is 1. The first-order chi connectivity index (χ1) is 18.8. The third kappa shape index (κ3) is 12.4. The van der Waals surface area contributed by atoms with Crippen LogP contribution in [-0.2, 0) is 36.9 Å². The van der Waals surface area contributed by atoms with E-state index in [0.29, 0.717) is 57.8 Å². The van der Waals surface area contributed by atoms with E-state index in [1.54, 1.807) is 0 Å². The Balaban J connectivity index is 1.46. The van der Waals surface area contributed by atoms with Crippen LogP contribution >= 0.6 is 0 Å². The Morgan fingerprint density at radius 3 is 2.23 bits per heavy atom. The predicted molar refractivity (Wildman–Crippen MR) is 148 cm³/mol. The molecule has 1 aromatic carbocycles. The van der Waals surface area contributed by atoms with Gasteiger partial charge in [0.2, 0.25) is 17.7 Å². The van der Waals surface area contributed by atoms with Crippen LogP contribution in [0.1, 0.15) is 76.3 Å². The van der Waals surface area contributed by atoms with Gasteiger partial charge in [-0.15, -0.1) is 0 Å². The normalized spacial score (nSPS) is 13.4. The van der Waals surface area contributed by atoms with E-state index in [9.17, 15) is 24.0 Å². The lowest BCUT2D eigenvalue weighted by molar-refractivity contribution is -0.151. The second-order valence-corrected chi connectivity index (χ2v) is 9.85. The summed E-state index contributed by atoms with van der Waals surface area (Å²) in [6.45, 7) is 6.14. The van der Waals surface area contributed by atoms with E-state index < -0.39 is 0 Å². The molecule has 39 heavy (non-hydrogen) atoms. The van der Waals surface area contributed by atoms with Crippen molar-refractivity contribution in [2.24, 2.45) is 5.92 Å². The van der Waals surface area contributed by atoms with Crippen molar-refractivity contribution < 1.29 is 28.7 Å². The van der Waals surface area contributed by atoms with Gasteiger partial charge in [0.1, 0.15) is 12.4 Å². The lowest BCUT2D eigenvalue weighted by Gasteiger charge is -2.28. The molecule has 1 aliphatic rings. The number of nitrogens with one attached hydrogen (secondary N) is 3. The van der Waals surface area contributed by atoms with Gasteiger partial charge in [-0.25, -0.2) is 4.79 Å². The number of benzene rings is 1. The summed E-state index contributed by atoms with van der Waals surface area (Å²) in [5.41, 5.74) is 1.71. The summed E-state index contributed by atoms with van der Waals surface area (Å²) in [7, 11) is 0. The lowest BCUT2D eigenvalue weighted by Crippen LogP contribution is -2.48. The Morgan fingerprint density at radius 2 is 1.62 bits per heavy atom. The number of amides is 5. The molecule has 2 rings (SSSR count). The molecule has 1 saturated heterocycles. The molecular formula is C29H44N4O6. The number of urea groups is 1. The number of likely N-dealkylation sites (tertiary alicyclic amines) is 1. The number of carbonyl (C=O) groups excluding carboxylic acids is 5. The van der Waals surface area contributed by atoms with Gasteiger partial charge in [-0.2, -0.15) is 0 Å². The minimum absolute atomic E-state index is 0.0673. The largest absolute Gasteiger partial charge is 0.372 e. The van der Waals surface area contributed by atoms with Gasteiger partial charge < -0.3 is 20.7 Å². The van der Waals surface area contributed by atoms with Crippen molar-refractivity contribution in [3.8, 4) is 0 Å². The second-order valence-electron chi connectivity index (χ2n) is 9.85. The zero-order chi connectivity index (χ0) is 28.5. The molecule has 0 aliphatic carbocycles. The van der Waals surface area contributed by atoms with Gasteiger partial charge in [0.15, 0.2) is 0 Å². The van der Waals surface area contributed by atoms with Crippen molar-refractivity contribution in [3.05, 3.63) is 35.4 Å². The van der Waals surface area contributed by atoms with E-state index in [1.807, 2.05) is 31.2 Å². The van der Waals surface area contributed by atoms with E-state index >= 15 is 0 Å². The highest BCUT2D eigenvalue weighted by atomic mass is 16.5. The molecule has 10 heteroatoms. The summed E-state index contributed by atoms with van der Waals surface area (Å²) in [4.78, 5) is 60.5. The molecule has 0 spiro atoms. The van der Waals surface area contributed by atoms with Gasteiger partial charge >= 0.3 is 6.03 Å². The average molecular weight is 545 g/mol. The summed E-state index contributed by atoms with van der Waals surface area (Å²) >= 11 is 0. The molecule has 1 unspecified atom stereocenters. The van der Waals surface area contributed by atoms with Gasteiger partial charge in [0, 0.05) is 51.5 Å². The number of unbranched alkanes of at least 4 members (excludes halogenated alkanes) is 1. The van der Waals surface area contributed by atoms with Gasteiger partial charge in [-0.05, 0) is 36.8 Å². The van der Waals surface area contributed by atoms with Crippen molar-refractivity contribution in [2.75, 3.05) is 32.8 Å². The van der Waals surface area contributed by atoms with Gasteiger partial charge in [-0.3, -0.25) is 24.1 Å². The quantitative estimate of drug-likeness (QED) is 0.181. The van der Waals surface area contributed by atoms with Crippen molar-refractivity contribution in [1.29, 1.82) is 0 Å². The molecule has 1 aromatic rings. The van der Waals surface area contributed by atoms with E-state index in [4.69, 9.17) is 4.74 Å². The van der Waals surface area contributed by atoms with E-state index in [1.165, 1.54) is 4.90 Å². The maximum atomic E-state index is 12.0. The zero-order valence-electron chi connectivity index (χ0n) is 23.4. The summed E-state index contributed by atoms with van der Waals surface area (Å²) < 4.78 is 5.38. The minimum atomic E-state index is -0.238. The van der Waals surface area contributed by atoms with Crippen molar-refractivity contribution in [3.63, 3.8) is 0 Å². The maximum Gasteiger partial charge on any atom is 0.314 e. The first kappa shape index (κ1) is 31.9. The molecule has 1 heterocycles. The number of Topliss-reactive ketones (excluding diaryl/α,β-unsaturated/α-hetero) is 1. The Labute approximate surface area is 231 Å². The van der Waals surface area contributed by atoms with Crippen LogP contribution in [0.25, 0.3) is 0 Å². The summed E-state index contributed by atoms with van der Waals surface area (Å²) in [5.74, 6) is -0.0635. The fourth-order valence-electron chi connectivity index (χ4n) is 4.30. The Kier molecular flexibility index (Phi) is 14.8. The van der Waals surface area contributed by atoms with Crippen LogP contribution in [-0.4, -0.2) is 67.3 Å². The highest BCUT2D eigenvalue weighted by Crippen LogP contribution is 2.17. The highest BCUT2D eigenvalue weighted by molar-refractivity contribution is 6.00. The molecular weight excluding hydrogens is 500 g/mol. The van der Waals surface area contributed by atoms with Crippen LogP contribution in [0.4, 0.5) is 4.79 Å². The molecule has 0 bridgehead atoms. The van der Waals surface area contributed by atoms with E-state index in [-0.39, 0.29) is 42.7 Å². The Bertz CT molecular complexity index is 950. The van der Waals surface area contributed by atoms with Crippen LogP contribution in [0.15, 0.2) is 24.3 Å². The van der Waals surface area contributed by atoms with Gasteiger partial charge in [0.05, 0.1) is 6.42 Å². The van der Waals surface area contributed by atoms with Crippen LogP contribution in [0.3, 0.4) is 0 Å². The zero-order valence-corrected chi connectivity index (χ0v) is 23.4. The van der Waals surface area contributed by atoms with Gasteiger partial charge in [-0.1, -0.05) is 51.0 Å². The average Bonchev–Trinajstić information content (AvgIpc) is 2.92. The number of hydrogen-bond acceptors (Lipinski definition) is 6. The second kappa shape index (κ2) is 18.1. The van der Waals surface area contributed by atoms with Crippen molar-refractivity contribution >= 4 is 29.5 Å². The maximum absolute atomic E-state index is 12.0.